The summed E-state index contributed by atoms with van der Waals surface area (Å²) in [7, 11) is 0. The monoisotopic (exact) mass is 144 g/mol. The summed E-state index contributed by atoms with van der Waals surface area (Å²) >= 11 is 0. The molecule has 0 radical (unpaired) electrons. The second-order valence-corrected chi connectivity index (χ2v) is 1.27. The summed E-state index contributed by atoms with van der Waals surface area (Å²) in [6, 6.07) is 0. The lowest BCUT2D eigenvalue weighted by Gasteiger charge is -1.82. The van der Waals surface area contributed by atoms with Gasteiger partial charge in [0, 0.05) is 6.08 Å². The van der Waals surface area contributed by atoms with E-state index < -0.39 is 5.97 Å². The lowest BCUT2D eigenvalue weighted by Crippen LogP contribution is -1.82. The molecular weight excluding hydrogens is 136 g/mol. The molecule has 0 unspecified atom stereocenters. The van der Waals surface area contributed by atoms with Crippen LogP contribution in [-0.4, -0.2) is 17.9 Å². The van der Waals surface area contributed by atoms with Gasteiger partial charge in [-0.15, -0.1) is 0 Å². The fourth-order valence-corrected chi connectivity index (χ4v) is 0.196. The average Bonchev–Trinajstić information content (AvgIpc) is 2.43. The zero-order valence-corrected chi connectivity index (χ0v) is 5.32. The van der Waals surface area contributed by atoms with Gasteiger partial charge in [-0.05, 0) is 0 Å². The quantitative estimate of drug-likeness (QED) is 0.551. The van der Waals surface area contributed by atoms with Gasteiger partial charge in [0.05, 0.1) is 0 Å². The third kappa shape index (κ3) is 6.55. The predicted molar refractivity (Wildman–Crippen MR) is 34.0 cm³/mol. The van der Waals surface area contributed by atoms with Crippen LogP contribution in [0.3, 0.4) is 0 Å². The molecular formula is C6H8O4. The van der Waals surface area contributed by atoms with Crippen molar-refractivity contribution in [3.8, 4) is 0 Å². The first kappa shape index (κ1) is 8.55. The van der Waals surface area contributed by atoms with Gasteiger partial charge in [0.2, 0.25) is 6.79 Å². The number of hydrogen-bond donors (Lipinski definition) is 1. The molecule has 0 spiro atoms. The molecule has 0 saturated carbocycles. The Balaban J connectivity index is 0.000000162. The van der Waals surface area contributed by atoms with E-state index in [1.807, 2.05) is 0 Å². The standard InChI is InChI=1S/2C3H4O2/c1-2-5-3-4-1;1-2-3(4)5/h1-2H,3H2;2H,1H2,(H,4,5). The molecule has 1 heterocycles. The van der Waals surface area contributed by atoms with Crippen molar-refractivity contribution < 1.29 is 19.4 Å². The van der Waals surface area contributed by atoms with E-state index in [1.165, 1.54) is 12.5 Å². The summed E-state index contributed by atoms with van der Waals surface area (Å²) in [6.45, 7) is 3.35. The van der Waals surface area contributed by atoms with E-state index in [4.69, 9.17) is 5.11 Å². The van der Waals surface area contributed by atoms with Gasteiger partial charge in [0.15, 0.2) is 0 Å². The van der Waals surface area contributed by atoms with Gasteiger partial charge in [0.25, 0.3) is 0 Å². The number of carboxylic acids is 1. The summed E-state index contributed by atoms with van der Waals surface area (Å²) in [4.78, 5) is 9.25. The van der Waals surface area contributed by atoms with Crippen LogP contribution in [0.25, 0.3) is 0 Å². The summed E-state index contributed by atoms with van der Waals surface area (Å²) < 4.78 is 9.08. The molecule has 1 rings (SSSR count). The molecule has 0 aromatic heterocycles. The van der Waals surface area contributed by atoms with Gasteiger partial charge in [0.1, 0.15) is 12.5 Å². The number of ether oxygens (including phenoxy) is 2. The Labute approximate surface area is 58.4 Å². The molecule has 4 nitrogen and oxygen atoms in total. The minimum atomic E-state index is -0.981. The number of hydrogen-bond acceptors (Lipinski definition) is 3. The Morgan fingerprint density at radius 2 is 2.00 bits per heavy atom. The highest BCUT2D eigenvalue weighted by atomic mass is 16.7. The van der Waals surface area contributed by atoms with Crippen molar-refractivity contribution in [1.82, 2.24) is 0 Å². The summed E-state index contributed by atoms with van der Waals surface area (Å²) in [5.41, 5.74) is 0. The molecule has 0 aromatic carbocycles. The molecule has 0 saturated heterocycles. The first-order valence-electron chi connectivity index (χ1n) is 2.51. The molecule has 0 aromatic rings. The van der Waals surface area contributed by atoms with Crippen LogP contribution in [-0.2, 0) is 14.3 Å². The van der Waals surface area contributed by atoms with Crippen molar-refractivity contribution in [1.29, 1.82) is 0 Å². The lowest BCUT2D eigenvalue weighted by atomic mass is 10.7. The molecule has 0 amide bonds. The van der Waals surface area contributed by atoms with Crippen molar-refractivity contribution in [2.75, 3.05) is 6.79 Å². The Morgan fingerprint density at radius 1 is 1.60 bits per heavy atom. The molecule has 0 bridgehead atoms. The van der Waals surface area contributed by atoms with Gasteiger partial charge in [-0.2, -0.15) is 0 Å². The minimum absolute atomic E-state index is 0.389. The Hall–Kier alpha value is -1.45. The highest BCUT2D eigenvalue weighted by Crippen LogP contribution is 1.88. The smallest absolute Gasteiger partial charge is 0.327 e. The molecule has 56 valence electrons. The Bertz CT molecular complexity index is 133. The molecule has 10 heavy (non-hydrogen) atoms. The van der Waals surface area contributed by atoms with Crippen LogP contribution in [0, 0.1) is 0 Å². The normalized spacial score (nSPS) is 12.0. The van der Waals surface area contributed by atoms with Gasteiger partial charge >= 0.3 is 5.97 Å². The van der Waals surface area contributed by atoms with Gasteiger partial charge in [-0.1, -0.05) is 6.58 Å². The van der Waals surface area contributed by atoms with Gasteiger partial charge < -0.3 is 14.6 Å². The summed E-state index contributed by atoms with van der Waals surface area (Å²) in [6.07, 6.45) is 3.86. The van der Waals surface area contributed by atoms with E-state index in [1.54, 1.807) is 0 Å². The number of carboxylic acid groups (broad SMARTS) is 1. The third-order valence-corrected chi connectivity index (χ3v) is 0.559. The third-order valence-electron chi connectivity index (χ3n) is 0.559. The Kier molecular flexibility index (Phi) is 4.86. The fourth-order valence-electron chi connectivity index (χ4n) is 0.196. The van der Waals surface area contributed by atoms with E-state index >= 15 is 0 Å². The molecule has 4 heteroatoms. The second-order valence-electron chi connectivity index (χ2n) is 1.27. The Morgan fingerprint density at radius 3 is 2.10 bits per heavy atom. The average molecular weight is 144 g/mol. The van der Waals surface area contributed by atoms with Crippen LogP contribution in [0.4, 0.5) is 0 Å². The maximum atomic E-state index is 9.25. The van der Waals surface area contributed by atoms with Crippen LogP contribution in [0.5, 0.6) is 0 Å². The van der Waals surface area contributed by atoms with E-state index in [-0.39, 0.29) is 0 Å². The van der Waals surface area contributed by atoms with Crippen molar-refractivity contribution >= 4 is 5.97 Å². The molecule has 0 atom stereocenters. The lowest BCUT2D eigenvalue weighted by molar-refractivity contribution is -0.131. The maximum Gasteiger partial charge on any atom is 0.327 e. The second kappa shape index (κ2) is 5.68. The molecule has 1 aliphatic heterocycles. The first-order valence-corrected chi connectivity index (χ1v) is 2.51. The molecule has 0 aliphatic carbocycles. The molecule has 1 N–H and O–H groups in total. The number of carbonyl (C=O) groups is 1. The van der Waals surface area contributed by atoms with E-state index in [0.717, 1.165) is 6.08 Å². The maximum absolute atomic E-state index is 9.25. The number of rotatable bonds is 1. The van der Waals surface area contributed by atoms with E-state index in [2.05, 4.69) is 16.1 Å². The van der Waals surface area contributed by atoms with Crippen LogP contribution >= 0.6 is 0 Å². The SMILES string of the molecule is C1=COCO1.C=CC(=O)O. The zero-order valence-electron chi connectivity index (χ0n) is 5.32. The first-order chi connectivity index (χ1) is 4.77. The van der Waals surface area contributed by atoms with Crippen molar-refractivity contribution in [2.45, 2.75) is 0 Å². The van der Waals surface area contributed by atoms with Crippen LogP contribution < -0.4 is 0 Å². The van der Waals surface area contributed by atoms with Crippen molar-refractivity contribution in [2.24, 2.45) is 0 Å². The fraction of sp³-hybridized carbons (Fsp3) is 0.167. The topological polar surface area (TPSA) is 55.8 Å². The van der Waals surface area contributed by atoms with Gasteiger partial charge in [-0.25, -0.2) is 4.79 Å². The van der Waals surface area contributed by atoms with Crippen LogP contribution in [0.2, 0.25) is 0 Å². The highest BCUT2D eigenvalue weighted by molar-refractivity contribution is 5.78. The minimum Gasteiger partial charge on any atom is -0.478 e. The largest absolute Gasteiger partial charge is 0.478 e. The molecule has 0 fully saturated rings. The van der Waals surface area contributed by atoms with Gasteiger partial charge in [-0.3, -0.25) is 0 Å². The zero-order chi connectivity index (χ0) is 7.82. The highest BCUT2D eigenvalue weighted by Gasteiger charge is 1.82. The van der Waals surface area contributed by atoms with E-state index in [0.29, 0.717) is 6.79 Å². The number of aliphatic carboxylic acids is 1. The van der Waals surface area contributed by atoms with Crippen molar-refractivity contribution in [3.63, 3.8) is 0 Å². The summed E-state index contributed by atoms with van der Waals surface area (Å²) in [5, 5.41) is 7.60. The predicted octanol–water partition coefficient (Wildman–Crippen LogP) is 0.719. The van der Waals surface area contributed by atoms with Crippen molar-refractivity contribution in [3.05, 3.63) is 25.2 Å². The summed E-state index contributed by atoms with van der Waals surface area (Å²) in [5.74, 6) is -0.981. The van der Waals surface area contributed by atoms with E-state index in [9.17, 15) is 4.79 Å². The van der Waals surface area contributed by atoms with Crippen LogP contribution in [0.15, 0.2) is 25.2 Å². The molecule has 1 aliphatic rings. The van der Waals surface area contributed by atoms with Crippen LogP contribution in [0.1, 0.15) is 0 Å².